The van der Waals surface area contributed by atoms with Crippen LogP contribution in [0.15, 0.2) is 39.8 Å². The van der Waals surface area contributed by atoms with Gasteiger partial charge in [-0.1, -0.05) is 15.9 Å². The van der Waals surface area contributed by atoms with Crippen LogP contribution in [-0.4, -0.2) is 18.6 Å². The van der Waals surface area contributed by atoms with E-state index in [9.17, 15) is 8.42 Å². The molecule has 7 heteroatoms. The number of rotatable bonds is 3. The summed E-state index contributed by atoms with van der Waals surface area (Å²) >= 11 is 3.25. The molecule has 0 aliphatic heterocycles. The van der Waals surface area contributed by atoms with Crippen molar-refractivity contribution in [3.63, 3.8) is 0 Å². The van der Waals surface area contributed by atoms with Crippen molar-refractivity contribution in [3.8, 4) is 0 Å². The lowest BCUT2D eigenvalue weighted by molar-refractivity contribution is 0.601. The summed E-state index contributed by atoms with van der Waals surface area (Å²) in [6, 6.07) is 6.40. The lowest BCUT2D eigenvalue weighted by Crippen LogP contribution is -2.13. The largest absolute Gasteiger partial charge is 0.264 e. The molecular formula is C10H10BrN3O2S. The maximum absolute atomic E-state index is 12.0. The van der Waals surface area contributed by atoms with Crippen LogP contribution in [0.4, 0.5) is 5.82 Å². The minimum Gasteiger partial charge on any atom is -0.264 e. The molecule has 0 unspecified atom stereocenters. The monoisotopic (exact) mass is 315 g/mol. The van der Waals surface area contributed by atoms with E-state index in [1.54, 1.807) is 25.3 Å². The predicted octanol–water partition coefficient (Wildman–Crippen LogP) is 2.28. The van der Waals surface area contributed by atoms with Gasteiger partial charge in [-0.2, -0.15) is 5.10 Å². The lowest BCUT2D eigenvalue weighted by Gasteiger charge is -2.06. The predicted molar refractivity (Wildman–Crippen MR) is 68.3 cm³/mol. The first-order chi connectivity index (χ1) is 7.99. The fourth-order valence-corrected chi connectivity index (χ4v) is 2.61. The second kappa shape index (κ2) is 4.50. The van der Waals surface area contributed by atoms with Gasteiger partial charge in [0.25, 0.3) is 10.0 Å². The molecule has 2 N–H and O–H groups in total. The number of nitrogens with zero attached hydrogens (tertiary/aromatic N) is 1. The van der Waals surface area contributed by atoms with Gasteiger partial charge < -0.3 is 0 Å². The van der Waals surface area contributed by atoms with Crippen molar-refractivity contribution in [3.05, 3.63) is 40.5 Å². The molecule has 0 radical (unpaired) electrons. The van der Waals surface area contributed by atoms with Crippen molar-refractivity contribution in [1.29, 1.82) is 0 Å². The number of aromatic amines is 1. The number of anilines is 1. The number of nitrogens with one attached hydrogen (secondary N) is 2. The summed E-state index contributed by atoms with van der Waals surface area (Å²) in [4.78, 5) is 0.203. The molecule has 0 aliphatic rings. The van der Waals surface area contributed by atoms with Crippen LogP contribution < -0.4 is 4.72 Å². The summed E-state index contributed by atoms with van der Waals surface area (Å²) < 4.78 is 27.2. The first-order valence-electron chi connectivity index (χ1n) is 4.77. The highest BCUT2D eigenvalue weighted by molar-refractivity contribution is 9.10. The molecule has 0 saturated heterocycles. The van der Waals surface area contributed by atoms with Crippen LogP contribution in [0.5, 0.6) is 0 Å². The molecule has 1 aromatic carbocycles. The maximum Gasteiger partial charge on any atom is 0.263 e. The molecule has 0 amide bonds. The van der Waals surface area contributed by atoms with Crippen molar-refractivity contribution in [2.24, 2.45) is 0 Å². The third kappa shape index (κ3) is 2.67. The van der Waals surface area contributed by atoms with Crippen molar-refractivity contribution in [2.45, 2.75) is 11.8 Å². The van der Waals surface area contributed by atoms with E-state index in [2.05, 4.69) is 30.8 Å². The van der Waals surface area contributed by atoms with Gasteiger partial charge in [0.05, 0.1) is 11.1 Å². The van der Waals surface area contributed by atoms with Crippen LogP contribution in [0.1, 0.15) is 5.56 Å². The molecule has 1 aromatic heterocycles. The zero-order valence-electron chi connectivity index (χ0n) is 8.94. The van der Waals surface area contributed by atoms with Crippen LogP contribution in [0.25, 0.3) is 0 Å². The molecule has 90 valence electrons. The van der Waals surface area contributed by atoms with E-state index < -0.39 is 10.0 Å². The SMILES string of the molecule is Cc1cn[nH]c1NS(=O)(=O)c1ccc(Br)cc1. The van der Waals surface area contributed by atoms with E-state index in [0.717, 1.165) is 10.0 Å². The highest BCUT2D eigenvalue weighted by Crippen LogP contribution is 2.18. The maximum atomic E-state index is 12.0. The van der Waals surface area contributed by atoms with Gasteiger partial charge in [0, 0.05) is 10.0 Å². The standard InChI is InChI=1S/C10H10BrN3O2S/c1-7-6-12-13-10(7)14-17(15,16)9-4-2-8(11)3-5-9/h2-6H,1H3,(H2,12,13,14). The first-order valence-corrected chi connectivity index (χ1v) is 7.05. The molecule has 1 heterocycles. The Morgan fingerprint density at radius 2 is 1.94 bits per heavy atom. The number of halogens is 1. The summed E-state index contributed by atoms with van der Waals surface area (Å²) in [6.07, 6.45) is 1.55. The normalized spacial score (nSPS) is 11.4. The molecule has 17 heavy (non-hydrogen) atoms. The van der Waals surface area contributed by atoms with Crippen LogP contribution in [0.3, 0.4) is 0 Å². The van der Waals surface area contributed by atoms with Crippen molar-refractivity contribution in [2.75, 3.05) is 4.72 Å². The number of H-pyrrole nitrogens is 1. The van der Waals surface area contributed by atoms with Gasteiger partial charge in [0.1, 0.15) is 5.82 Å². The van der Waals surface area contributed by atoms with E-state index >= 15 is 0 Å². The van der Waals surface area contributed by atoms with Gasteiger partial charge in [0.15, 0.2) is 0 Å². The smallest absolute Gasteiger partial charge is 0.263 e. The first kappa shape index (κ1) is 12.1. The van der Waals surface area contributed by atoms with E-state index in [-0.39, 0.29) is 4.90 Å². The van der Waals surface area contributed by atoms with Crippen molar-refractivity contribution in [1.82, 2.24) is 10.2 Å². The van der Waals surface area contributed by atoms with Crippen LogP contribution in [0.2, 0.25) is 0 Å². The molecule has 2 rings (SSSR count). The van der Waals surface area contributed by atoms with E-state index in [1.807, 2.05) is 0 Å². The van der Waals surface area contributed by atoms with E-state index in [1.165, 1.54) is 12.1 Å². The lowest BCUT2D eigenvalue weighted by atomic mass is 10.4. The zero-order valence-corrected chi connectivity index (χ0v) is 11.3. The van der Waals surface area contributed by atoms with Gasteiger partial charge in [-0.05, 0) is 31.2 Å². The Bertz CT molecular complexity index is 619. The summed E-state index contributed by atoms with van der Waals surface area (Å²) in [6.45, 7) is 1.77. The molecule has 0 atom stereocenters. The van der Waals surface area contributed by atoms with Crippen LogP contribution >= 0.6 is 15.9 Å². The van der Waals surface area contributed by atoms with Gasteiger partial charge >= 0.3 is 0 Å². The highest BCUT2D eigenvalue weighted by atomic mass is 79.9. The van der Waals surface area contributed by atoms with Gasteiger partial charge in [0.2, 0.25) is 0 Å². The number of hydrogen-bond acceptors (Lipinski definition) is 3. The third-order valence-electron chi connectivity index (χ3n) is 2.19. The molecule has 0 saturated carbocycles. The molecule has 0 bridgehead atoms. The van der Waals surface area contributed by atoms with Crippen molar-refractivity contribution < 1.29 is 8.42 Å². The number of hydrogen-bond donors (Lipinski definition) is 2. The Kier molecular flexibility index (Phi) is 3.21. The van der Waals surface area contributed by atoms with Crippen molar-refractivity contribution >= 4 is 31.8 Å². The topological polar surface area (TPSA) is 74.8 Å². The minimum absolute atomic E-state index is 0.203. The zero-order chi connectivity index (χ0) is 12.5. The van der Waals surface area contributed by atoms with E-state index in [0.29, 0.717) is 5.82 Å². The molecule has 5 nitrogen and oxygen atoms in total. The minimum atomic E-state index is -3.56. The Labute approximate surface area is 107 Å². The van der Waals surface area contributed by atoms with Gasteiger partial charge in [-0.15, -0.1) is 0 Å². The number of benzene rings is 1. The average Bonchev–Trinajstić information content (AvgIpc) is 2.64. The van der Waals surface area contributed by atoms with Crippen LogP contribution in [0, 0.1) is 6.92 Å². The summed E-state index contributed by atoms with van der Waals surface area (Å²) in [5.74, 6) is 0.382. The Hall–Kier alpha value is -1.34. The Balaban J connectivity index is 2.31. The summed E-state index contributed by atoms with van der Waals surface area (Å²) in [5.41, 5.74) is 0.741. The van der Waals surface area contributed by atoms with E-state index in [4.69, 9.17) is 0 Å². The molecule has 0 aliphatic carbocycles. The Morgan fingerprint density at radius 3 is 2.47 bits per heavy atom. The van der Waals surface area contributed by atoms with Gasteiger partial charge in [-0.25, -0.2) is 8.42 Å². The second-order valence-corrected chi connectivity index (χ2v) is 6.09. The second-order valence-electron chi connectivity index (χ2n) is 3.49. The Morgan fingerprint density at radius 1 is 1.29 bits per heavy atom. The number of sulfonamides is 1. The molecule has 2 aromatic rings. The number of aromatic nitrogens is 2. The molecular weight excluding hydrogens is 306 g/mol. The average molecular weight is 316 g/mol. The summed E-state index contributed by atoms with van der Waals surface area (Å²) in [7, 11) is -3.56. The van der Waals surface area contributed by atoms with Crippen LogP contribution in [-0.2, 0) is 10.0 Å². The third-order valence-corrected chi connectivity index (χ3v) is 4.08. The molecule has 0 fully saturated rings. The number of aryl methyl sites for hydroxylation is 1. The highest BCUT2D eigenvalue weighted by Gasteiger charge is 2.15. The molecule has 0 spiro atoms. The fraction of sp³-hybridized carbons (Fsp3) is 0.100. The summed E-state index contributed by atoms with van der Waals surface area (Å²) in [5, 5.41) is 6.35. The van der Waals surface area contributed by atoms with Gasteiger partial charge in [-0.3, -0.25) is 9.82 Å². The quantitative estimate of drug-likeness (QED) is 0.912. The fourth-order valence-electron chi connectivity index (χ4n) is 1.26.